The third-order valence-corrected chi connectivity index (χ3v) is 5.82. The molecule has 0 aliphatic rings. The molecule has 1 atom stereocenters. The van der Waals surface area contributed by atoms with E-state index in [1.54, 1.807) is 31.5 Å². The van der Waals surface area contributed by atoms with Crippen molar-refractivity contribution in [2.24, 2.45) is 16.5 Å². The molecule has 0 aliphatic heterocycles. The molecule has 10 heteroatoms. The first-order valence-electron chi connectivity index (χ1n) is 10.4. The Morgan fingerprint density at radius 3 is 2.73 bits per heavy atom. The van der Waals surface area contributed by atoms with Gasteiger partial charge in [-0.25, -0.2) is 4.98 Å². The summed E-state index contributed by atoms with van der Waals surface area (Å²) < 4.78 is 5.07. The maximum absolute atomic E-state index is 12.8. The number of hydrogen-bond donors (Lipinski definition) is 3. The van der Waals surface area contributed by atoms with Crippen molar-refractivity contribution in [3.05, 3.63) is 60.0 Å². The number of aromatic nitrogens is 2. The van der Waals surface area contributed by atoms with Crippen LogP contribution in [-0.2, 0) is 14.3 Å². The molecular weight excluding hydrogens is 440 g/mol. The minimum absolute atomic E-state index is 0.0534. The third-order valence-electron chi connectivity index (χ3n) is 4.72. The van der Waals surface area contributed by atoms with E-state index in [-0.39, 0.29) is 36.6 Å². The van der Waals surface area contributed by atoms with Gasteiger partial charge >= 0.3 is 5.97 Å². The number of aliphatic imine (C=N–C) groups is 1. The first-order chi connectivity index (χ1) is 15.9. The number of nitrogens with two attached hydrogens (primary N) is 2. The van der Waals surface area contributed by atoms with Gasteiger partial charge in [-0.15, -0.1) is 0 Å². The van der Waals surface area contributed by atoms with Gasteiger partial charge in [0.1, 0.15) is 0 Å². The van der Waals surface area contributed by atoms with Gasteiger partial charge in [-0.3, -0.25) is 14.6 Å². The van der Waals surface area contributed by atoms with Gasteiger partial charge in [-0.2, -0.15) is 4.99 Å². The van der Waals surface area contributed by atoms with Crippen molar-refractivity contribution in [2.45, 2.75) is 32.6 Å². The summed E-state index contributed by atoms with van der Waals surface area (Å²) in [4.78, 5) is 38.3. The van der Waals surface area contributed by atoms with Crippen LogP contribution in [0, 0.1) is 6.92 Å². The van der Waals surface area contributed by atoms with E-state index in [1.807, 2.05) is 31.2 Å². The van der Waals surface area contributed by atoms with Crippen LogP contribution in [0.4, 0.5) is 10.8 Å². The van der Waals surface area contributed by atoms with Crippen LogP contribution in [0.1, 0.15) is 36.9 Å². The lowest BCUT2D eigenvalue weighted by atomic mass is 9.93. The zero-order valence-electron chi connectivity index (χ0n) is 18.4. The van der Waals surface area contributed by atoms with E-state index in [9.17, 15) is 9.59 Å². The van der Waals surface area contributed by atoms with E-state index < -0.39 is 0 Å². The number of carbonyl (C=O) groups excluding carboxylic acids is 2. The summed E-state index contributed by atoms with van der Waals surface area (Å²) in [5.41, 5.74) is 14.0. The number of aryl methyl sites for hydroxylation is 1. The number of nitrogens with zero attached hydrogens (tertiary/aromatic N) is 3. The van der Waals surface area contributed by atoms with Crippen LogP contribution in [0.3, 0.4) is 0 Å². The number of thiazole rings is 1. The molecule has 0 fully saturated rings. The Kier molecular flexibility index (Phi) is 8.09. The summed E-state index contributed by atoms with van der Waals surface area (Å²) in [5, 5.41) is 3.39. The number of rotatable bonds is 9. The van der Waals surface area contributed by atoms with Crippen LogP contribution < -0.4 is 16.8 Å². The van der Waals surface area contributed by atoms with Crippen molar-refractivity contribution in [3.63, 3.8) is 0 Å². The molecule has 3 rings (SSSR count). The molecule has 0 radical (unpaired) electrons. The van der Waals surface area contributed by atoms with Gasteiger partial charge in [0.25, 0.3) is 0 Å². The number of hydrogen-bond acceptors (Lipinski definition) is 7. The van der Waals surface area contributed by atoms with Crippen LogP contribution in [0.15, 0.2) is 53.8 Å². The second-order valence-corrected chi connectivity index (χ2v) is 8.25. The Morgan fingerprint density at radius 1 is 1.21 bits per heavy atom. The minimum Gasteiger partial charge on any atom is -0.466 e. The highest BCUT2D eigenvalue weighted by Crippen LogP contribution is 2.35. The van der Waals surface area contributed by atoms with E-state index in [4.69, 9.17) is 16.2 Å². The Morgan fingerprint density at radius 2 is 2.03 bits per heavy atom. The highest BCUT2D eigenvalue weighted by Gasteiger charge is 2.21. The van der Waals surface area contributed by atoms with Gasteiger partial charge in [0.05, 0.1) is 23.6 Å². The van der Waals surface area contributed by atoms with Crippen molar-refractivity contribution in [1.29, 1.82) is 0 Å². The van der Waals surface area contributed by atoms with Gasteiger partial charge in [0, 0.05) is 30.4 Å². The Bertz CT molecular complexity index is 1140. The Labute approximate surface area is 195 Å². The molecule has 0 aliphatic carbocycles. The van der Waals surface area contributed by atoms with Crippen molar-refractivity contribution in [3.8, 4) is 10.4 Å². The molecule has 0 saturated heterocycles. The predicted molar refractivity (Wildman–Crippen MR) is 129 cm³/mol. The first kappa shape index (κ1) is 23.9. The molecule has 0 bridgehead atoms. The minimum atomic E-state index is -0.349. The molecule has 5 N–H and O–H groups in total. The van der Waals surface area contributed by atoms with Crippen molar-refractivity contribution >= 4 is 40.0 Å². The van der Waals surface area contributed by atoms with Gasteiger partial charge in [0.2, 0.25) is 11.0 Å². The van der Waals surface area contributed by atoms with Crippen LogP contribution in [0.2, 0.25) is 0 Å². The first-order valence-corrected chi connectivity index (χ1v) is 11.2. The summed E-state index contributed by atoms with van der Waals surface area (Å²) in [6, 6.07) is 11.1. The van der Waals surface area contributed by atoms with Gasteiger partial charge in [-0.05, 0) is 43.2 Å². The fraction of sp³-hybridized carbons (Fsp3) is 0.261. The van der Waals surface area contributed by atoms with Crippen LogP contribution >= 0.6 is 11.3 Å². The fourth-order valence-electron chi connectivity index (χ4n) is 3.33. The summed E-state index contributed by atoms with van der Waals surface area (Å²) in [6.07, 6.45) is 3.53. The Balaban J connectivity index is 1.75. The highest BCUT2D eigenvalue weighted by atomic mass is 32.1. The standard InChI is InChI=1S/C23H26N6O3S/c1-3-32-20(31)12-17(16-7-5-9-26-13-16)11-19(30)28-18-8-4-6-15(10-18)21-14(2)27-23(33-21)29-22(24)25/h4-10,13,17H,3,11-12H2,1-2H3,(H,28,30)(H4,24,25,27,29). The van der Waals surface area contributed by atoms with Crippen LogP contribution in [0.25, 0.3) is 10.4 Å². The zero-order valence-corrected chi connectivity index (χ0v) is 19.3. The quantitative estimate of drug-likeness (QED) is 0.248. The number of anilines is 1. The number of guanidine groups is 1. The molecular formula is C23H26N6O3S. The van der Waals surface area contributed by atoms with Crippen LogP contribution in [-0.4, -0.2) is 34.4 Å². The summed E-state index contributed by atoms with van der Waals surface area (Å²) in [5.74, 6) is -0.958. The molecule has 33 heavy (non-hydrogen) atoms. The number of ether oxygens (including phenoxy) is 1. The molecule has 172 valence electrons. The number of benzene rings is 1. The summed E-state index contributed by atoms with van der Waals surface area (Å²) in [6.45, 7) is 3.91. The zero-order chi connectivity index (χ0) is 23.8. The van der Waals surface area contributed by atoms with E-state index >= 15 is 0 Å². The average molecular weight is 467 g/mol. The van der Waals surface area contributed by atoms with Gasteiger partial charge in [-0.1, -0.05) is 29.5 Å². The molecule has 2 aromatic heterocycles. The number of nitrogens with one attached hydrogen (secondary N) is 1. The number of carbonyl (C=O) groups is 2. The topological polar surface area (TPSA) is 146 Å². The lowest BCUT2D eigenvalue weighted by Crippen LogP contribution is -2.21. The summed E-state index contributed by atoms with van der Waals surface area (Å²) in [7, 11) is 0. The molecule has 1 amide bonds. The highest BCUT2D eigenvalue weighted by molar-refractivity contribution is 7.18. The smallest absolute Gasteiger partial charge is 0.306 e. The van der Waals surface area contributed by atoms with E-state index in [0.29, 0.717) is 17.4 Å². The molecule has 3 aromatic rings. The molecule has 9 nitrogen and oxygen atoms in total. The van der Waals surface area contributed by atoms with Gasteiger partial charge < -0.3 is 21.5 Å². The Hall–Kier alpha value is -3.79. The SMILES string of the molecule is CCOC(=O)CC(CC(=O)Nc1cccc(-c2sc(N=C(N)N)nc2C)c1)c1cccnc1. The number of esters is 1. The van der Waals surface area contributed by atoms with E-state index in [1.165, 1.54) is 11.3 Å². The second kappa shape index (κ2) is 11.2. The molecule has 1 aromatic carbocycles. The molecule has 0 saturated carbocycles. The fourth-order valence-corrected chi connectivity index (χ4v) is 4.28. The molecule has 2 heterocycles. The maximum atomic E-state index is 12.8. The maximum Gasteiger partial charge on any atom is 0.306 e. The molecule has 0 spiro atoms. The number of pyridine rings is 1. The van der Waals surface area contributed by atoms with Crippen molar-refractivity contribution in [1.82, 2.24) is 9.97 Å². The lowest BCUT2D eigenvalue weighted by molar-refractivity contribution is -0.143. The third kappa shape index (κ3) is 6.84. The lowest BCUT2D eigenvalue weighted by Gasteiger charge is -2.16. The van der Waals surface area contributed by atoms with Crippen molar-refractivity contribution in [2.75, 3.05) is 11.9 Å². The normalized spacial score (nSPS) is 11.5. The number of amides is 1. The van der Waals surface area contributed by atoms with Gasteiger partial charge in [0.15, 0.2) is 5.96 Å². The molecule has 1 unspecified atom stereocenters. The monoisotopic (exact) mass is 466 g/mol. The van der Waals surface area contributed by atoms with Crippen LogP contribution in [0.5, 0.6) is 0 Å². The van der Waals surface area contributed by atoms with E-state index in [2.05, 4.69) is 20.3 Å². The summed E-state index contributed by atoms with van der Waals surface area (Å²) >= 11 is 1.36. The average Bonchev–Trinajstić information content (AvgIpc) is 3.13. The van der Waals surface area contributed by atoms with Crippen molar-refractivity contribution < 1.29 is 14.3 Å². The predicted octanol–water partition coefficient (Wildman–Crippen LogP) is 3.48. The van der Waals surface area contributed by atoms with E-state index in [0.717, 1.165) is 21.7 Å². The largest absolute Gasteiger partial charge is 0.466 e. The second-order valence-electron chi connectivity index (χ2n) is 7.27.